The average Bonchev–Trinajstić information content (AvgIpc) is 3.18. The maximum Gasteiger partial charge on any atom is 4.00 e. The van der Waals surface area contributed by atoms with Gasteiger partial charge in [0.15, 0.2) is 0 Å². The normalized spacial score (nSPS) is 11.7. The van der Waals surface area contributed by atoms with Gasteiger partial charge < -0.3 is 18.2 Å². The van der Waals surface area contributed by atoms with Crippen LogP contribution in [0.4, 0.5) is 0 Å². The number of hydrogen-bond donors (Lipinski definition) is 4. The Morgan fingerprint density at radius 2 is 0.508 bits per heavy atom. The van der Waals surface area contributed by atoms with Crippen LogP contribution in [0, 0.1) is 0 Å². The number of rotatable bonds is 4. The monoisotopic (exact) mass is 1150 g/mol. The van der Waals surface area contributed by atoms with Crippen LogP contribution in [0.25, 0.3) is 43.6 Å². The fourth-order valence-corrected chi connectivity index (χ4v) is 9.08. The summed E-state index contributed by atoms with van der Waals surface area (Å²) in [5.41, 5.74) is 1.66. The fraction of sp³-hybridized carbons (Fsp3) is 0. The van der Waals surface area contributed by atoms with E-state index in [2.05, 4.69) is 70.5 Å². The van der Waals surface area contributed by atoms with Crippen LogP contribution in [0.5, 0.6) is 0 Å². The third-order valence-corrected chi connectivity index (χ3v) is 12.9. The summed E-state index contributed by atoms with van der Waals surface area (Å²) >= 11 is 16.5. The van der Waals surface area contributed by atoms with Crippen LogP contribution >= 0.6 is 50.5 Å². The van der Waals surface area contributed by atoms with Gasteiger partial charge in [0.25, 0.3) is 0 Å². The van der Waals surface area contributed by atoms with Crippen molar-refractivity contribution in [1.29, 1.82) is 0 Å². The predicted octanol–water partition coefficient (Wildman–Crippen LogP) is 5.71. The van der Waals surface area contributed by atoms with Crippen LogP contribution in [0.2, 0.25) is 0 Å². The van der Waals surface area contributed by atoms with Gasteiger partial charge in [-0.1, -0.05) is 0 Å². The molecule has 8 aromatic rings. The third kappa shape index (κ3) is 12.2. The van der Waals surface area contributed by atoms with E-state index in [0.29, 0.717) is 63.2 Å². The molecule has 0 saturated heterocycles. The minimum absolute atomic E-state index is 0. The first-order valence-electron chi connectivity index (χ1n) is 16.1. The molecular weight excluding hydrogens is 1130 g/mol. The standard InChI is InChI=1S/4C9H7NO3S2.Pt/c4*11-15(12,13)8-4-3-7(14)9-6(8)2-1-5-10-9;/h4*1-5,14H,(H,11,12,13);/q;;;;+4/p-4. The summed E-state index contributed by atoms with van der Waals surface area (Å²) in [7, 11) is -17.9. The van der Waals surface area contributed by atoms with E-state index in [-0.39, 0.29) is 40.6 Å². The molecule has 4 aromatic heterocycles. The molecule has 4 heterocycles. The smallest absolute Gasteiger partial charge is 0.744 e. The Balaban J connectivity index is 0.000000178. The maximum atomic E-state index is 10.9. The number of pyridine rings is 4. The van der Waals surface area contributed by atoms with Crippen molar-refractivity contribution in [1.82, 2.24) is 19.9 Å². The van der Waals surface area contributed by atoms with Crippen LogP contribution in [-0.4, -0.2) is 71.8 Å². The van der Waals surface area contributed by atoms with Crippen molar-refractivity contribution in [3.8, 4) is 0 Å². The van der Waals surface area contributed by atoms with Crippen molar-refractivity contribution >= 4 is 135 Å². The van der Waals surface area contributed by atoms with Crippen molar-refractivity contribution in [3.05, 3.63) is 122 Å². The first kappa shape index (κ1) is 49.9. The second-order valence-electron chi connectivity index (χ2n) is 11.7. The Hall–Kier alpha value is -3.75. The van der Waals surface area contributed by atoms with Gasteiger partial charge in [0.1, 0.15) is 40.5 Å². The van der Waals surface area contributed by atoms with Gasteiger partial charge >= 0.3 is 21.1 Å². The molecule has 25 heteroatoms. The summed E-state index contributed by atoms with van der Waals surface area (Å²) in [4.78, 5) is 17.0. The molecule has 61 heavy (non-hydrogen) atoms. The summed E-state index contributed by atoms with van der Waals surface area (Å²) in [5, 5.41) is 1.22. The van der Waals surface area contributed by atoms with Crippen LogP contribution in [0.3, 0.4) is 0 Å². The summed E-state index contributed by atoms with van der Waals surface area (Å²) in [6.07, 6.45) is 6.07. The summed E-state index contributed by atoms with van der Waals surface area (Å²) in [6.45, 7) is 0. The van der Waals surface area contributed by atoms with Crippen LogP contribution in [-0.2, 0) is 61.5 Å². The minimum Gasteiger partial charge on any atom is -0.744 e. The van der Waals surface area contributed by atoms with E-state index in [1.54, 1.807) is 24.3 Å². The first-order valence-corrected chi connectivity index (χ1v) is 23.5. The Morgan fingerprint density at radius 3 is 0.672 bits per heavy atom. The molecule has 0 bridgehead atoms. The molecule has 0 saturated carbocycles. The largest absolute Gasteiger partial charge is 4.00 e. The Bertz CT molecular complexity index is 2950. The van der Waals surface area contributed by atoms with Crippen molar-refractivity contribution < 1.29 is 72.9 Å². The molecule has 0 aliphatic carbocycles. The molecule has 0 aliphatic rings. The number of hydrogen-bond acceptors (Lipinski definition) is 20. The van der Waals surface area contributed by atoms with Crippen molar-refractivity contribution in [2.75, 3.05) is 0 Å². The summed E-state index contributed by atoms with van der Waals surface area (Å²) in [5.74, 6) is 0. The van der Waals surface area contributed by atoms with Gasteiger partial charge in [0.05, 0.1) is 41.6 Å². The van der Waals surface area contributed by atoms with Gasteiger partial charge in [0, 0.05) is 65.9 Å². The average molecular weight is 1160 g/mol. The van der Waals surface area contributed by atoms with Crippen LogP contribution < -0.4 is 0 Å². The van der Waals surface area contributed by atoms with E-state index < -0.39 is 40.5 Å². The maximum absolute atomic E-state index is 10.9. The van der Waals surface area contributed by atoms with Gasteiger partial charge in [-0.2, -0.15) is 0 Å². The zero-order valence-electron chi connectivity index (χ0n) is 30.0. The fourth-order valence-electron chi connectivity index (χ4n) is 5.40. The van der Waals surface area contributed by atoms with Gasteiger partial charge in [-0.05, 0) is 97.1 Å². The molecule has 8 rings (SSSR count). The first-order chi connectivity index (χ1) is 28.0. The molecule has 0 fully saturated rings. The molecule has 318 valence electrons. The number of nitrogens with zero attached hydrogens (tertiary/aromatic N) is 4. The molecule has 0 unspecified atom stereocenters. The van der Waals surface area contributed by atoms with E-state index in [1.807, 2.05) is 0 Å². The van der Waals surface area contributed by atoms with Crippen molar-refractivity contribution in [2.24, 2.45) is 0 Å². The molecule has 4 aromatic carbocycles. The number of benzene rings is 4. The third-order valence-electron chi connectivity index (χ3n) is 7.91. The molecule has 0 radical (unpaired) electrons. The topological polar surface area (TPSA) is 280 Å². The van der Waals surface area contributed by atoms with Crippen molar-refractivity contribution in [3.63, 3.8) is 0 Å². The van der Waals surface area contributed by atoms with E-state index >= 15 is 0 Å². The summed E-state index contributed by atoms with van der Waals surface area (Å²) < 4.78 is 131. The zero-order chi connectivity index (χ0) is 44.2. The molecule has 0 amide bonds. The van der Waals surface area contributed by atoms with E-state index in [0.717, 1.165) is 0 Å². The Kier molecular flexibility index (Phi) is 16.5. The zero-order valence-corrected chi connectivity index (χ0v) is 39.1. The molecule has 0 aliphatic heterocycles. The molecule has 0 spiro atoms. The second-order valence-corrected chi connectivity index (χ2v) is 19.1. The van der Waals surface area contributed by atoms with E-state index in [9.17, 15) is 51.9 Å². The SMILES string of the molecule is O=S(=O)([O-])c1ccc(S)c2ncccc12.O=S(=O)([O-])c1ccc(S)c2ncccc12.O=S(=O)([O-])c1ccc(S)c2ncccc12.O=S(=O)([O-])c1ccc(S)c2ncccc12.[Pt+4]. The predicted molar refractivity (Wildman–Crippen MR) is 228 cm³/mol. The van der Waals surface area contributed by atoms with Crippen LogP contribution in [0.1, 0.15) is 0 Å². The Labute approximate surface area is 385 Å². The number of aromatic nitrogens is 4. The van der Waals surface area contributed by atoms with E-state index in [1.165, 1.54) is 97.6 Å². The van der Waals surface area contributed by atoms with Gasteiger partial charge in [-0.3, -0.25) is 19.9 Å². The minimum atomic E-state index is -4.47. The van der Waals surface area contributed by atoms with Gasteiger partial charge in [-0.15, -0.1) is 50.5 Å². The molecule has 16 nitrogen and oxygen atoms in total. The summed E-state index contributed by atoms with van der Waals surface area (Å²) in [6, 6.07) is 23.2. The quantitative estimate of drug-likeness (QED) is 0.121. The Morgan fingerprint density at radius 1 is 0.328 bits per heavy atom. The van der Waals surface area contributed by atoms with Crippen LogP contribution in [0.15, 0.2) is 161 Å². The molecular formula is C36H24N4O12PtS8. The molecule has 0 N–H and O–H groups in total. The second kappa shape index (κ2) is 20.2. The number of thiol groups is 4. The van der Waals surface area contributed by atoms with Gasteiger partial charge in [0.2, 0.25) is 0 Å². The van der Waals surface area contributed by atoms with Crippen molar-refractivity contribution in [2.45, 2.75) is 39.2 Å². The van der Waals surface area contributed by atoms with Gasteiger partial charge in [-0.25, -0.2) is 33.7 Å². The molecule has 0 atom stereocenters. The number of fused-ring (bicyclic) bond motifs is 4. The van der Waals surface area contributed by atoms with E-state index in [4.69, 9.17) is 0 Å².